The smallest absolute Gasteiger partial charge is 0.237 e. The lowest BCUT2D eigenvalue weighted by Gasteiger charge is -2.38. The second kappa shape index (κ2) is 9.07. The van der Waals surface area contributed by atoms with Crippen molar-refractivity contribution in [3.8, 4) is 0 Å². The Hall–Kier alpha value is -2.28. The first kappa shape index (κ1) is 20.6. The van der Waals surface area contributed by atoms with Crippen LogP contribution >= 0.6 is 11.3 Å². The Labute approximate surface area is 188 Å². The maximum Gasteiger partial charge on any atom is 0.237 e. The fourth-order valence-corrected chi connectivity index (χ4v) is 5.86. The van der Waals surface area contributed by atoms with E-state index >= 15 is 0 Å². The van der Waals surface area contributed by atoms with Crippen molar-refractivity contribution < 1.29 is 4.79 Å². The van der Waals surface area contributed by atoms with Crippen molar-refractivity contribution in [3.63, 3.8) is 0 Å². The third-order valence-electron chi connectivity index (χ3n) is 6.72. The Balaban J connectivity index is 1.15. The van der Waals surface area contributed by atoms with Gasteiger partial charge in [-0.1, -0.05) is 36.4 Å². The van der Waals surface area contributed by atoms with Crippen LogP contribution in [0.3, 0.4) is 0 Å². The molecule has 0 saturated carbocycles. The van der Waals surface area contributed by atoms with E-state index in [9.17, 15) is 4.79 Å². The normalized spacial score (nSPS) is 21.0. The first-order valence-electron chi connectivity index (χ1n) is 11.4. The van der Waals surface area contributed by atoms with Gasteiger partial charge in [-0.05, 0) is 49.4 Å². The third kappa shape index (κ3) is 4.52. The molecule has 5 nitrogen and oxygen atoms in total. The van der Waals surface area contributed by atoms with Crippen molar-refractivity contribution in [3.05, 3.63) is 64.7 Å². The van der Waals surface area contributed by atoms with Gasteiger partial charge in [-0.15, -0.1) is 11.3 Å². The fraction of sp³-hybridized carbons (Fsp3) is 0.440. The van der Waals surface area contributed by atoms with E-state index in [4.69, 9.17) is 4.98 Å². The van der Waals surface area contributed by atoms with Crippen molar-refractivity contribution >= 4 is 27.5 Å². The highest BCUT2D eigenvalue weighted by Gasteiger charge is 2.29. The van der Waals surface area contributed by atoms with Crippen LogP contribution in [0.15, 0.2) is 48.5 Å². The predicted octanol–water partition coefficient (Wildman–Crippen LogP) is 4.00. The molecule has 0 spiro atoms. The number of para-hydroxylation sites is 1. The van der Waals surface area contributed by atoms with Crippen LogP contribution in [0.2, 0.25) is 0 Å². The second-order valence-electron chi connectivity index (χ2n) is 8.72. The molecule has 162 valence electrons. The molecule has 1 N–H and O–H groups in total. The van der Waals surface area contributed by atoms with Gasteiger partial charge in [0.2, 0.25) is 5.91 Å². The van der Waals surface area contributed by atoms with E-state index in [2.05, 4.69) is 57.6 Å². The Morgan fingerprint density at radius 1 is 1.13 bits per heavy atom. The topological polar surface area (TPSA) is 48.5 Å². The Kier molecular flexibility index (Phi) is 6.03. The van der Waals surface area contributed by atoms with Gasteiger partial charge in [0.15, 0.2) is 0 Å². The SMILES string of the molecule is C[C@H](C(=O)N[C@@H]1CCCc2ccccc21)N1CCN(Cc2nc3ccccc3s2)CC1. The van der Waals surface area contributed by atoms with Gasteiger partial charge in [-0.3, -0.25) is 14.6 Å². The standard InChI is InChI=1S/C25H30N4OS/c1-18(25(30)27-21-11-6-8-19-7-2-3-9-20(19)21)29-15-13-28(14-16-29)17-24-26-22-10-4-5-12-23(22)31-24/h2-5,7,9-10,12,18,21H,6,8,11,13-17H2,1H3,(H,27,30)/t18-,21-/m1/s1. The Morgan fingerprint density at radius 3 is 2.74 bits per heavy atom. The zero-order valence-electron chi connectivity index (χ0n) is 18.1. The number of fused-ring (bicyclic) bond motifs is 2. The number of rotatable bonds is 5. The number of thiazole rings is 1. The summed E-state index contributed by atoms with van der Waals surface area (Å²) in [5.74, 6) is 0.154. The van der Waals surface area contributed by atoms with E-state index in [-0.39, 0.29) is 18.0 Å². The zero-order valence-corrected chi connectivity index (χ0v) is 18.9. The van der Waals surface area contributed by atoms with Crippen LogP contribution in [-0.4, -0.2) is 52.9 Å². The summed E-state index contributed by atoms with van der Waals surface area (Å²) in [4.78, 5) is 22.6. The van der Waals surface area contributed by atoms with Crippen LogP contribution in [-0.2, 0) is 17.8 Å². The number of amides is 1. The molecule has 1 aromatic heterocycles. The van der Waals surface area contributed by atoms with Crippen LogP contribution in [0.4, 0.5) is 0 Å². The molecule has 0 bridgehead atoms. The molecule has 2 aromatic carbocycles. The highest BCUT2D eigenvalue weighted by molar-refractivity contribution is 7.18. The average Bonchev–Trinajstić information content (AvgIpc) is 3.21. The second-order valence-corrected chi connectivity index (χ2v) is 9.83. The van der Waals surface area contributed by atoms with Crippen molar-refractivity contribution in [2.45, 2.75) is 44.8 Å². The van der Waals surface area contributed by atoms with E-state index in [0.717, 1.165) is 57.5 Å². The lowest BCUT2D eigenvalue weighted by Crippen LogP contribution is -2.54. The first-order chi connectivity index (χ1) is 15.2. The maximum absolute atomic E-state index is 13.0. The van der Waals surface area contributed by atoms with Gasteiger partial charge in [0, 0.05) is 26.2 Å². The molecule has 0 radical (unpaired) electrons. The molecule has 1 aliphatic heterocycles. The fourth-order valence-electron chi connectivity index (χ4n) is 4.85. The van der Waals surface area contributed by atoms with E-state index < -0.39 is 0 Å². The summed E-state index contributed by atoms with van der Waals surface area (Å²) in [5.41, 5.74) is 3.78. The summed E-state index contributed by atoms with van der Waals surface area (Å²) in [6, 6.07) is 16.9. The van der Waals surface area contributed by atoms with Gasteiger partial charge < -0.3 is 5.32 Å². The van der Waals surface area contributed by atoms with E-state index in [1.807, 2.05) is 13.0 Å². The monoisotopic (exact) mass is 434 g/mol. The number of nitrogens with zero attached hydrogens (tertiary/aromatic N) is 3. The molecular weight excluding hydrogens is 404 g/mol. The molecule has 1 saturated heterocycles. The van der Waals surface area contributed by atoms with Crippen LogP contribution in [0.1, 0.15) is 41.9 Å². The molecule has 1 amide bonds. The van der Waals surface area contributed by atoms with E-state index in [0.29, 0.717) is 0 Å². The predicted molar refractivity (Wildman–Crippen MR) is 126 cm³/mol. The minimum Gasteiger partial charge on any atom is -0.348 e. The lowest BCUT2D eigenvalue weighted by atomic mass is 9.87. The zero-order chi connectivity index (χ0) is 21.2. The highest BCUT2D eigenvalue weighted by atomic mass is 32.1. The number of benzene rings is 2. The van der Waals surface area contributed by atoms with Crippen molar-refractivity contribution in [2.75, 3.05) is 26.2 Å². The minimum absolute atomic E-state index is 0.0984. The summed E-state index contributed by atoms with van der Waals surface area (Å²) >= 11 is 1.79. The average molecular weight is 435 g/mol. The molecule has 6 heteroatoms. The number of hydrogen-bond acceptors (Lipinski definition) is 5. The molecule has 0 unspecified atom stereocenters. The van der Waals surface area contributed by atoms with E-state index in [1.54, 1.807) is 11.3 Å². The van der Waals surface area contributed by atoms with Crippen LogP contribution < -0.4 is 5.32 Å². The molecule has 1 fully saturated rings. The number of nitrogens with one attached hydrogen (secondary N) is 1. The Morgan fingerprint density at radius 2 is 1.90 bits per heavy atom. The number of carbonyl (C=O) groups excluding carboxylic acids is 1. The van der Waals surface area contributed by atoms with Gasteiger partial charge in [0.25, 0.3) is 0 Å². The molecule has 2 heterocycles. The largest absolute Gasteiger partial charge is 0.348 e. The first-order valence-corrected chi connectivity index (χ1v) is 12.2. The maximum atomic E-state index is 13.0. The summed E-state index contributed by atoms with van der Waals surface area (Å²) in [7, 11) is 0. The molecule has 2 atom stereocenters. The molecule has 2 aliphatic rings. The van der Waals surface area contributed by atoms with Gasteiger partial charge >= 0.3 is 0 Å². The van der Waals surface area contributed by atoms with Gasteiger partial charge in [0.05, 0.1) is 28.8 Å². The number of piperazine rings is 1. The molecule has 31 heavy (non-hydrogen) atoms. The molecular formula is C25H30N4OS. The van der Waals surface area contributed by atoms with Gasteiger partial charge in [-0.2, -0.15) is 0 Å². The minimum atomic E-state index is -0.0984. The molecule has 3 aromatic rings. The number of carbonyl (C=O) groups is 1. The molecule has 5 rings (SSSR count). The summed E-state index contributed by atoms with van der Waals surface area (Å²) in [5, 5.41) is 4.51. The Bertz CT molecular complexity index is 1020. The van der Waals surface area contributed by atoms with Gasteiger partial charge in [0.1, 0.15) is 5.01 Å². The van der Waals surface area contributed by atoms with Crippen LogP contribution in [0.25, 0.3) is 10.2 Å². The molecule has 1 aliphatic carbocycles. The number of hydrogen-bond donors (Lipinski definition) is 1. The van der Waals surface area contributed by atoms with Crippen LogP contribution in [0.5, 0.6) is 0 Å². The summed E-state index contributed by atoms with van der Waals surface area (Å²) in [6.07, 6.45) is 3.29. The van der Waals surface area contributed by atoms with Crippen molar-refractivity contribution in [1.82, 2.24) is 20.1 Å². The quantitative estimate of drug-likeness (QED) is 0.660. The summed E-state index contributed by atoms with van der Waals surface area (Å²) in [6.45, 7) is 6.72. The van der Waals surface area contributed by atoms with Crippen molar-refractivity contribution in [1.29, 1.82) is 0 Å². The third-order valence-corrected chi connectivity index (χ3v) is 7.74. The van der Waals surface area contributed by atoms with Crippen LogP contribution in [0, 0.1) is 0 Å². The highest BCUT2D eigenvalue weighted by Crippen LogP contribution is 2.29. The lowest BCUT2D eigenvalue weighted by molar-refractivity contribution is -0.127. The van der Waals surface area contributed by atoms with E-state index in [1.165, 1.54) is 20.8 Å². The van der Waals surface area contributed by atoms with Gasteiger partial charge in [-0.25, -0.2) is 4.98 Å². The number of aryl methyl sites for hydroxylation is 1. The van der Waals surface area contributed by atoms with Crippen molar-refractivity contribution in [2.24, 2.45) is 0 Å². The summed E-state index contributed by atoms with van der Waals surface area (Å²) < 4.78 is 1.26. The number of aromatic nitrogens is 1.